The zero-order valence-corrected chi connectivity index (χ0v) is 8.43. The number of likely N-dealkylation sites (tertiary alicyclic amines) is 1. The highest BCUT2D eigenvalue weighted by molar-refractivity contribution is 5.84. The first-order chi connectivity index (χ1) is 7.34. The van der Waals surface area contributed by atoms with Crippen LogP contribution in [0, 0.1) is 0 Å². The third-order valence-corrected chi connectivity index (χ3v) is 3.04. The average molecular weight is 203 g/mol. The van der Waals surface area contributed by atoms with Gasteiger partial charge in [0.05, 0.1) is 6.10 Å². The Morgan fingerprint density at radius 2 is 2.13 bits per heavy atom. The van der Waals surface area contributed by atoms with Crippen molar-refractivity contribution in [3.8, 4) is 0 Å². The van der Waals surface area contributed by atoms with E-state index in [1.807, 2.05) is 35.2 Å². The molecule has 0 radical (unpaired) electrons. The fraction of sp³-hybridized carbons (Fsp3) is 0.417. The van der Waals surface area contributed by atoms with E-state index in [1.54, 1.807) is 0 Å². The molecule has 0 saturated carbocycles. The number of benzene rings is 1. The zero-order valence-electron chi connectivity index (χ0n) is 8.43. The predicted molar refractivity (Wildman–Crippen MR) is 55.1 cm³/mol. The van der Waals surface area contributed by atoms with Crippen LogP contribution in [-0.4, -0.2) is 29.6 Å². The number of epoxide rings is 1. The molecule has 2 saturated heterocycles. The lowest BCUT2D eigenvalue weighted by Crippen LogP contribution is -2.39. The smallest absolute Gasteiger partial charge is 0.254 e. The van der Waals surface area contributed by atoms with E-state index in [0.717, 1.165) is 13.0 Å². The number of fused-ring (bicyclic) bond motifs is 1. The van der Waals surface area contributed by atoms with Crippen LogP contribution in [0.1, 0.15) is 12.0 Å². The lowest BCUT2D eigenvalue weighted by molar-refractivity contribution is -0.133. The molecule has 15 heavy (non-hydrogen) atoms. The molecule has 0 aromatic heterocycles. The first-order valence-electron chi connectivity index (χ1n) is 5.33. The second-order valence-electron chi connectivity index (χ2n) is 4.13. The minimum absolute atomic E-state index is 0.123. The second-order valence-corrected chi connectivity index (χ2v) is 4.13. The molecule has 2 fully saturated rings. The van der Waals surface area contributed by atoms with E-state index in [1.165, 1.54) is 5.56 Å². The summed E-state index contributed by atoms with van der Waals surface area (Å²) in [6.07, 6.45) is 1.09. The van der Waals surface area contributed by atoms with Gasteiger partial charge in [-0.25, -0.2) is 0 Å². The van der Waals surface area contributed by atoms with Crippen LogP contribution in [0.3, 0.4) is 0 Å². The van der Waals surface area contributed by atoms with Gasteiger partial charge in [0, 0.05) is 13.1 Å². The highest BCUT2D eigenvalue weighted by Gasteiger charge is 2.50. The van der Waals surface area contributed by atoms with Crippen molar-refractivity contribution in [2.24, 2.45) is 0 Å². The third kappa shape index (κ3) is 1.63. The Labute approximate surface area is 88.6 Å². The van der Waals surface area contributed by atoms with Crippen LogP contribution >= 0.6 is 0 Å². The lowest BCUT2D eigenvalue weighted by atomic mass is 10.1. The number of piperidine rings is 1. The van der Waals surface area contributed by atoms with Gasteiger partial charge in [0.15, 0.2) is 6.10 Å². The summed E-state index contributed by atoms with van der Waals surface area (Å²) in [6.45, 7) is 1.54. The number of carbonyl (C=O) groups excluding carboxylic acids is 1. The molecule has 1 amide bonds. The van der Waals surface area contributed by atoms with Gasteiger partial charge in [0.25, 0.3) is 5.91 Å². The molecule has 0 N–H and O–H groups in total. The quantitative estimate of drug-likeness (QED) is 0.676. The van der Waals surface area contributed by atoms with Crippen molar-refractivity contribution in [2.45, 2.75) is 25.2 Å². The standard InChI is InChI=1S/C12H13NO2/c14-12-11-10(15-11)6-7-13(12)8-9-4-2-1-3-5-9/h1-5,10-11H,6-8H2. The number of rotatable bonds is 2. The van der Waals surface area contributed by atoms with Gasteiger partial charge in [-0.05, 0) is 12.0 Å². The van der Waals surface area contributed by atoms with Crippen molar-refractivity contribution in [1.29, 1.82) is 0 Å². The first-order valence-corrected chi connectivity index (χ1v) is 5.33. The number of amides is 1. The van der Waals surface area contributed by atoms with Crippen molar-refractivity contribution in [3.05, 3.63) is 35.9 Å². The molecule has 78 valence electrons. The topological polar surface area (TPSA) is 32.8 Å². The van der Waals surface area contributed by atoms with Gasteiger partial charge in [0.1, 0.15) is 0 Å². The van der Waals surface area contributed by atoms with Gasteiger partial charge in [-0.2, -0.15) is 0 Å². The first kappa shape index (κ1) is 8.92. The highest BCUT2D eigenvalue weighted by atomic mass is 16.6. The van der Waals surface area contributed by atoms with E-state index in [-0.39, 0.29) is 18.1 Å². The molecular formula is C12H13NO2. The number of ether oxygens (including phenoxy) is 1. The molecule has 1 aromatic carbocycles. The van der Waals surface area contributed by atoms with Crippen LogP contribution in [0.5, 0.6) is 0 Å². The van der Waals surface area contributed by atoms with Gasteiger partial charge in [-0.15, -0.1) is 0 Å². The van der Waals surface area contributed by atoms with Gasteiger partial charge < -0.3 is 9.64 Å². The fourth-order valence-corrected chi connectivity index (χ4v) is 2.11. The third-order valence-electron chi connectivity index (χ3n) is 3.04. The van der Waals surface area contributed by atoms with Crippen molar-refractivity contribution in [1.82, 2.24) is 4.90 Å². The largest absolute Gasteiger partial charge is 0.359 e. The van der Waals surface area contributed by atoms with E-state index in [9.17, 15) is 4.79 Å². The SMILES string of the molecule is O=C1C2OC2CCN1Cc1ccccc1. The molecule has 1 aromatic rings. The summed E-state index contributed by atoms with van der Waals surface area (Å²) >= 11 is 0. The Kier molecular flexibility index (Phi) is 1.99. The highest BCUT2D eigenvalue weighted by Crippen LogP contribution is 2.32. The molecular weight excluding hydrogens is 190 g/mol. The minimum Gasteiger partial charge on any atom is -0.359 e. The summed E-state index contributed by atoms with van der Waals surface area (Å²) in [5.41, 5.74) is 1.19. The molecule has 2 heterocycles. The molecule has 0 aliphatic carbocycles. The van der Waals surface area contributed by atoms with Crippen LogP contribution < -0.4 is 0 Å². The molecule has 3 nitrogen and oxygen atoms in total. The van der Waals surface area contributed by atoms with Crippen LogP contribution in [0.2, 0.25) is 0 Å². The van der Waals surface area contributed by atoms with Crippen molar-refractivity contribution >= 4 is 5.91 Å². The van der Waals surface area contributed by atoms with Gasteiger partial charge in [0.2, 0.25) is 0 Å². The Morgan fingerprint density at radius 1 is 1.33 bits per heavy atom. The van der Waals surface area contributed by atoms with Gasteiger partial charge in [-0.3, -0.25) is 4.79 Å². The maximum atomic E-state index is 11.8. The van der Waals surface area contributed by atoms with E-state index in [2.05, 4.69) is 0 Å². The van der Waals surface area contributed by atoms with Crippen LogP contribution in [0.25, 0.3) is 0 Å². The fourth-order valence-electron chi connectivity index (χ4n) is 2.11. The van der Waals surface area contributed by atoms with E-state index >= 15 is 0 Å². The minimum atomic E-state index is -0.123. The Balaban J connectivity index is 1.70. The van der Waals surface area contributed by atoms with Gasteiger partial charge in [-0.1, -0.05) is 30.3 Å². The van der Waals surface area contributed by atoms with Crippen LogP contribution in [-0.2, 0) is 16.1 Å². The monoisotopic (exact) mass is 203 g/mol. The maximum Gasteiger partial charge on any atom is 0.254 e. The molecule has 3 heteroatoms. The summed E-state index contributed by atoms with van der Waals surface area (Å²) < 4.78 is 5.27. The second kappa shape index (κ2) is 3.35. The summed E-state index contributed by atoms with van der Waals surface area (Å²) in [4.78, 5) is 13.7. The molecule has 3 rings (SSSR count). The van der Waals surface area contributed by atoms with E-state index in [0.29, 0.717) is 6.54 Å². The molecule has 2 atom stereocenters. The number of nitrogens with zero attached hydrogens (tertiary/aromatic N) is 1. The Morgan fingerprint density at radius 3 is 2.93 bits per heavy atom. The predicted octanol–water partition coefficient (Wildman–Crippen LogP) is 1.19. The van der Waals surface area contributed by atoms with Crippen LogP contribution in [0.4, 0.5) is 0 Å². The Hall–Kier alpha value is -1.35. The molecule has 0 spiro atoms. The van der Waals surface area contributed by atoms with Crippen molar-refractivity contribution in [3.63, 3.8) is 0 Å². The van der Waals surface area contributed by atoms with Gasteiger partial charge >= 0.3 is 0 Å². The van der Waals surface area contributed by atoms with Crippen molar-refractivity contribution < 1.29 is 9.53 Å². The van der Waals surface area contributed by atoms with E-state index in [4.69, 9.17) is 4.74 Å². The van der Waals surface area contributed by atoms with E-state index < -0.39 is 0 Å². The molecule has 2 aliphatic rings. The average Bonchev–Trinajstić information content (AvgIpc) is 3.04. The number of hydrogen-bond donors (Lipinski definition) is 0. The summed E-state index contributed by atoms with van der Waals surface area (Å²) in [6, 6.07) is 10.1. The molecule has 0 bridgehead atoms. The lowest BCUT2D eigenvalue weighted by Gasteiger charge is -2.24. The zero-order chi connectivity index (χ0) is 10.3. The normalized spacial score (nSPS) is 28.8. The number of carbonyl (C=O) groups is 1. The van der Waals surface area contributed by atoms with Crippen LogP contribution in [0.15, 0.2) is 30.3 Å². The Bertz CT molecular complexity index is 376. The number of hydrogen-bond acceptors (Lipinski definition) is 2. The summed E-state index contributed by atoms with van der Waals surface area (Å²) in [5, 5.41) is 0. The molecule has 2 aliphatic heterocycles. The van der Waals surface area contributed by atoms with Crippen molar-refractivity contribution in [2.75, 3.05) is 6.54 Å². The summed E-state index contributed by atoms with van der Waals surface area (Å²) in [7, 11) is 0. The summed E-state index contributed by atoms with van der Waals surface area (Å²) in [5.74, 6) is 0.162. The molecule has 2 unspecified atom stereocenters. The maximum absolute atomic E-state index is 11.8.